The molecular formula is C26H24N2O5. The molecule has 0 radical (unpaired) electrons. The number of phenolic OH excluding ortho intramolecular Hbond substituents is 1. The first-order chi connectivity index (χ1) is 16.0. The smallest absolute Gasteiger partial charge is 0.266 e. The quantitative estimate of drug-likeness (QED) is 0.596. The van der Waals surface area contributed by atoms with Gasteiger partial charge in [0.2, 0.25) is 5.91 Å². The van der Waals surface area contributed by atoms with Crippen molar-refractivity contribution in [3.8, 4) is 11.5 Å². The van der Waals surface area contributed by atoms with Crippen LogP contribution >= 0.6 is 0 Å². The molecule has 3 aromatic rings. The normalized spacial score (nSPS) is 22.1. The van der Waals surface area contributed by atoms with Gasteiger partial charge in [-0.25, -0.2) is 9.96 Å². The highest BCUT2D eigenvalue weighted by atomic mass is 16.7. The number of phenols is 1. The highest BCUT2D eigenvalue weighted by Gasteiger charge is 2.60. The Morgan fingerprint density at radius 3 is 2.42 bits per heavy atom. The van der Waals surface area contributed by atoms with E-state index in [4.69, 9.17) is 9.57 Å². The minimum Gasteiger partial charge on any atom is -0.504 e. The molecule has 0 bridgehead atoms. The van der Waals surface area contributed by atoms with E-state index < -0.39 is 18.1 Å². The van der Waals surface area contributed by atoms with Crippen LogP contribution in [0.15, 0.2) is 72.8 Å². The Kier molecular flexibility index (Phi) is 5.26. The van der Waals surface area contributed by atoms with Gasteiger partial charge in [0.15, 0.2) is 17.6 Å². The summed E-state index contributed by atoms with van der Waals surface area (Å²) in [7, 11) is 0. The number of carbonyl (C=O) groups is 2. The van der Waals surface area contributed by atoms with Gasteiger partial charge >= 0.3 is 0 Å². The molecular weight excluding hydrogens is 420 g/mol. The SMILES string of the molecule is CCOc1cc(C2C3C(=O)N(c4cccc(C)c4)C(=O)C3ON2c2ccccc2)ccc1O. The molecule has 7 nitrogen and oxygen atoms in total. The Hall–Kier alpha value is -3.84. The number of anilines is 2. The van der Waals surface area contributed by atoms with Crippen molar-refractivity contribution >= 4 is 23.2 Å². The molecule has 2 heterocycles. The van der Waals surface area contributed by atoms with Crippen molar-refractivity contribution in [1.82, 2.24) is 0 Å². The number of hydroxylamine groups is 1. The minimum absolute atomic E-state index is 0.0116. The monoisotopic (exact) mass is 444 g/mol. The zero-order chi connectivity index (χ0) is 23.1. The minimum atomic E-state index is -0.951. The number of rotatable bonds is 5. The molecule has 168 valence electrons. The summed E-state index contributed by atoms with van der Waals surface area (Å²) >= 11 is 0. The highest BCUT2D eigenvalue weighted by Crippen LogP contribution is 2.48. The number of aryl methyl sites for hydroxylation is 1. The molecule has 2 aliphatic heterocycles. The molecule has 0 saturated carbocycles. The second-order valence-corrected chi connectivity index (χ2v) is 8.17. The summed E-state index contributed by atoms with van der Waals surface area (Å²) in [6, 6.07) is 21.1. The van der Waals surface area contributed by atoms with E-state index in [1.54, 1.807) is 23.3 Å². The number of hydrogen-bond donors (Lipinski definition) is 1. The van der Waals surface area contributed by atoms with Gasteiger partial charge in [0, 0.05) is 0 Å². The predicted molar refractivity (Wildman–Crippen MR) is 123 cm³/mol. The molecule has 33 heavy (non-hydrogen) atoms. The fourth-order valence-electron chi connectivity index (χ4n) is 4.56. The van der Waals surface area contributed by atoms with Crippen LogP contribution in [-0.2, 0) is 14.4 Å². The summed E-state index contributed by atoms with van der Waals surface area (Å²) in [5.74, 6) is -1.12. The number of aromatic hydroxyl groups is 1. The number of fused-ring (bicyclic) bond motifs is 1. The first kappa shape index (κ1) is 21.0. The first-order valence-electron chi connectivity index (χ1n) is 10.9. The van der Waals surface area contributed by atoms with E-state index in [1.807, 2.05) is 62.4 Å². The number of ether oxygens (including phenoxy) is 1. The van der Waals surface area contributed by atoms with Crippen LogP contribution in [0.5, 0.6) is 11.5 Å². The van der Waals surface area contributed by atoms with Crippen LogP contribution in [0.25, 0.3) is 0 Å². The second kappa shape index (κ2) is 8.26. The average molecular weight is 444 g/mol. The number of nitrogens with zero attached hydrogens (tertiary/aromatic N) is 2. The molecule has 2 amide bonds. The molecule has 3 aromatic carbocycles. The van der Waals surface area contributed by atoms with Gasteiger partial charge in [-0.1, -0.05) is 36.4 Å². The molecule has 2 aliphatic rings. The standard InChI is InChI=1S/C26H24N2O5/c1-3-32-21-15-17(12-13-20(21)29)23-22-24(33-28(23)18-9-5-4-6-10-18)26(31)27(25(22)30)19-11-7-8-16(2)14-19/h4-15,22-24,29H,3H2,1-2H3. The lowest BCUT2D eigenvalue weighted by molar-refractivity contribution is -0.126. The summed E-state index contributed by atoms with van der Waals surface area (Å²) in [4.78, 5) is 34.4. The number of imide groups is 1. The molecule has 3 unspecified atom stereocenters. The number of para-hydroxylation sites is 1. The van der Waals surface area contributed by atoms with E-state index in [2.05, 4.69) is 0 Å². The van der Waals surface area contributed by atoms with Gasteiger partial charge in [0.1, 0.15) is 5.92 Å². The third-order valence-corrected chi connectivity index (χ3v) is 6.01. The summed E-state index contributed by atoms with van der Waals surface area (Å²) in [6.07, 6.45) is -0.951. The van der Waals surface area contributed by atoms with Crippen molar-refractivity contribution < 1.29 is 24.3 Å². The summed E-state index contributed by atoms with van der Waals surface area (Å²) in [5, 5.41) is 11.8. The van der Waals surface area contributed by atoms with Gasteiger partial charge in [-0.05, 0) is 61.4 Å². The van der Waals surface area contributed by atoms with Crippen LogP contribution in [0, 0.1) is 12.8 Å². The maximum atomic E-state index is 13.7. The lowest BCUT2D eigenvalue weighted by atomic mass is 9.90. The van der Waals surface area contributed by atoms with Gasteiger partial charge in [-0.15, -0.1) is 0 Å². The van der Waals surface area contributed by atoms with Crippen LogP contribution in [0.2, 0.25) is 0 Å². The summed E-state index contributed by atoms with van der Waals surface area (Å²) in [6.45, 7) is 4.12. The topological polar surface area (TPSA) is 79.3 Å². The highest BCUT2D eigenvalue weighted by molar-refractivity contribution is 6.24. The fraction of sp³-hybridized carbons (Fsp3) is 0.231. The zero-order valence-corrected chi connectivity index (χ0v) is 18.3. The Morgan fingerprint density at radius 2 is 1.70 bits per heavy atom. The Labute approximate surface area is 191 Å². The molecule has 7 heteroatoms. The van der Waals surface area contributed by atoms with E-state index in [9.17, 15) is 14.7 Å². The molecule has 0 aromatic heterocycles. The Morgan fingerprint density at radius 1 is 0.939 bits per heavy atom. The molecule has 0 spiro atoms. The van der Waals surface area contributed by atoms with E-state index in [-0.39, 0.29) is 17.6 Å². The van der Waals surface area contributed by atoms with Crippen LogP contribution in [0.3, 0.4) is 0 Å². The van der Waals surface area contributed by atoms with Gasteiger partial charge in [0.05, 0.1) is 24.0 Å². The van der Waals surface area contributed by atoms with Crippen LogP contribution in [-0.4, -0.2) is 29.6 Å². The third kappa shape index (κ3) is 3.50. The van der Waals surface area contributed by atoms with E-state index in [1.165, 1.54) is 11.0 Å². The number of benzene rings is 3. The van der Waals surface area contributed by atoms with Crippen LogP contribution in [0.1, 0.15) is 24.1 Å². The first-order valence-corrected chi connectivity index (χ1v) is 10.9. The van der Waals surface area contributed by atoms with Gasteiger partial charge < -0.3 is 9.84 Å². The number of hydrogen-bond acceptors (Lipinski definition) is 6. The van der Waals surface area contributed by atoms with Crippen molar-refractivity contribution in [2.45, 2.75) is 26.0 Å². The maximum Gasteiger partial charge on any atom is 0.266 e. The van der Waals surface area contributed by atoms with Crippen molar-refractivity contribution in [3.05, 3.63) is 83.9 Å². The lowest BCUT2D eigenvalue weighted by Crippen LogP contribution is -2.37. The average Bonchev–Trinajstić information content (AvgIpc) is 3.32. The van der Waals surface area contributed by atoms with Gasteiger partial charge in [-0.2, -0.15) is 0 Å². The van der Waals surface area contributed by atoms with Gasteiger partial charge in [0.25, 0.3) is 5.91 Å². The largest absolute Gasteiger partial charge is 0.504 e. The molecule has 2 fully saturated rings. The molecule has 3 atom stereocenters. The van der Waals surface area contributed by atoms with Gasteiger partial charge in [-0.3, -0.25) is 14.4 Å². The van der Waals surface area contributed by atoms with E-state index in [0.717, 1.165) is 11.3 Å². The molecule has 1 N–H and O–H groups in total. The Bertz CT molecular complexity index is 1210. The summed E-state index contributed by atoms with van der Waals surface area (Å²) < 4.78 is 5.57. The molecule has 0 aliphatic carbocycles. The zero-order valence-electron chi connectivity index (χ0n) is 18.3. The van der Waals surface area contributed by atoms with Crippen molar-refractivity contribution in [2.24, 2.45) is 5.92 Å². The number of carbonyl (C=O) groups excluding carboxylic acids is 2. The second-order valence-electron chi connectivity index (χ2n) is 8.17. The van der Waals surface area contributed by atoms with Crippen molar-refractivity contribution in [3.63, 3.8) is 0 Å². The van der Waals surface area contributed by atoms with Crippen LogP contribution in [0.4, 0.5) is 11.4 Å². The third-order valence-electron chi connectivity index (χ3n) is 6.01. The van der Waals surface area contributed by atoms with Crippen LogP contribution < -0.4 is 14.7 Å². The maximum absolute atomic E-state index is 13.7. The summed E-state index contributed by atoms with van der Waals surface area (Å²) in [5.41, 5.74) is 2.92. The Balaban J connectivity index is 1.60. The van der Waals surface area contributed by atoms with Crippen molar-refractivity contribution in [1.29, 1.82) is 0 Å². The lowest BCUT2D eigenvalue weighted by Gasteiger charge is -2.29. The van der Waals surface area contributed by atoms with E-state index >= 15 is 0 Å². The van der Waals surface area contributed by atoms with E-state index in [0.29, 0.717) is 23.6 Å². The molecule has 2 saturated heterocycles. The van der Waals surface area contributed by atoms with Crippen molar-refractivity contribution in [2.75, 3.05) is 16.6 Å². The molecule has 5 rings (SSSR count). The predicted octanol–water partition coefficient (Wildman–Crippen LogP) is 4.15. The number of amides is 2. The fourth-order valence-corrected chi connectivity index (χ4v) is 4.56.